The number of hydrogen-bond donors (Lipinski definition) is 3. The minimum atomic E-state index is -0.192. The maximum Gasteiger partial charge on any atom is 0.315 e. The van der Waals surface area contributed by atoms with E-state index in [-0.39, 0.29) is 24.6 Å². The Morgan fingerprint density at radius 3 is 2.91 bits per heavy atom. The van der Waals surface area contributed by atoms with Crippen LogP contribution in [0, 0.1) is 5.92 Å². The summed E-state index contributed by atoms with van der Waals surface area (Å²) in [5, 5.41) is 14.8. The lowest BCUT2D eigenvalue weighted by Gasteiger charge is -2.28. The summed E-state index contributed by atoms with van der Waals surface area (Å²) in [6.45, 7) is 5.50. The first-order valence-corrected chi connectivity index (χ1v) is 7.99. The van der Waals surface area contributed by atoms with Crippen molar-refractivity contribution in [2.24, 2.45) is 5.92 Å². The van der Waals surface area contributed by atoms with Crippen molar-refractivity contribution >= 4 is 11.7 Å². The number of rotatable bonds is 5. The van der Waals surface area contributed by atoms with Gasteiger partial charge in [0.2, 0.25) is 0 Å². The zero-order valence-corrected chi connectivity index (χ0v) is 13.7. The molecule has 1 aliphatic heterocycles. The molecule has 2 amide bonds. The lowest BCUT2D eigenvalue weighted by atomic mass is 9.99. The molecule has 5 nitrogen and oxygen atoms in total. The van der Waals surface area contributed by atoms with Gasteiger partial charge in [-0.1, -0.05) is 19.1 Å². The number of benzene rings is 1. The second kappa shape index (κ2) is 7.49. The van der Waals surface area contributed by atoms with Gasteiger partial charge in [0, 0.05) is 38.5 Å². The van der Waals surface area contributed by atoms with Gasteiger partial charge >= 0.3 is 6.03 Å². The number of amides is 2. The number of fused-ring (bicyclic) bond motifs is 1. The summed E-state index contributed by atoms with van der Waals surface area (Å²) >= 11 is 0. The van der Waals surface area contributed by atoms with E-state index < -0.39 is 0 Å². The van der Waals surface area contributed by atoms with Crippen molar-refractivity contribution in [3.63, 3.8) is 0 Å². The molecule has 2 unspecified atom stereocenters. The highest BCUT2D eigenvalue weighted by Crippen LogP contribution is 2.26. The van der Waals surface area contributed by atoms with Crippen LogP contribution < -0.4 is 15.5 Å². The second-order valence-corrected chi connectivity index (χ2v) is 6.26. The molecule has 122 valence electrons. The average Bonchev–Trinajstić information content (AvgIpc) is 2.52. The fraction of sp³-hybridized carbons (Fsp3) is 0.588. The van der Waals surface area contributed by atoms with Crippen molar-refractivity contribution in [1.29, 1.82) is 0 Å². The SMILES string of the molecule is CC(CO)C(C)NC(=O)NCc1ccc2c(c1)CCCN2C. The largest absolute Gasteiger partial charge is 0.396 e. The van der Waals surface area contributed by atoms with E-state index in [1.807, 2.05) is 13.8 Å². The number of carbonyl (C=O) groups excluding carboxylic acids is 1. The van der Waals surface area contributed by atoms with Crippen molar-refractivity contribution in [3.8, 4) is 0 Å². The van der Waals surface area contributed by atoms with E-state index in [0.717, 1.165) is 18.5 Å². The van der Waals surface area contributed by atoms with Crippen LogP contribution in [-0.4, -0.2) is 37.4 Å². The molecule has 0 spiro atoms. The van der Waals surface area contributed by atoms with E-state index in [0.29, 0.717) is 6.54 Å². The molecule has 1 heterocycles. The predicted molar refractivity (Wildman–Crippen MR) is 89.1 cm³/mol. The summed E-state index contributed by atoms with van der Waals surface area (Å²) < 4.78 is 0. The predicted octanol–water partition coefficient (Wildman–Crippen LogP) is 1.89. The Balaban J connectivity index is 1.88. The third-order valence-electron chi connectivity index (χ3n) is 4.45. The van der Waals surface area contributed by atoms with Gasteiger partial charge in [-0.3, -0.25) is 0 Å². The van der Waals surface area contributed by atoms with Crippen LogP contribution in [0.4, 0.5) is 10.5 Å². The van der Waals surface area contributed by atoms with Gasteiger partial charge in [-0.15, -0.1) is 0 Å². The first kappa shape index (κ1) is 16.6. The molecule has 1 aromatic rings. The molecule has 0 saturated carbocycles. The lowest BCUT2D eigenvalue weighted by Crippen LogP contribution is -2.44. The lowest BCUT2D eigenvalue weighted by molar-refractivity contribution is 0.200. The van der Waals surface area contributed by atoms with Crippen LogP contribution >= 0.6 is 0 Å². The van der Waals surface area contributed by atoms with Gasteiger partial charge in [-0.05, 0) is 42.9 Å². The topological polar surface area (TPSA) is 64.6 Å². The first-order chi connectivity index (χ1) is 10.5. The molecule has 1 aromatic carbocycles. The van der Waals surface area contributed by atoms with Crippen molar-refractivity contribution in [2.45, 2.75) is 39.3 Å². The minimum absolute atomic E-state index is 0.0463. The highest BCUT2D eigenvalue weighted by Gasteiger charge is 2.15. The monoisotopic (exact) mass is 305 g/mol. The maximum absolute atomic E-state index is 11.9. The third-order valence-corrected chi connectivity index (χ3v) is 4.45. The Labute approximate surface area is 132 Å². The molecule has 5 heteroatoms. The number of aliphatic hydroxyl groups is 1. The van der Waals surface area contributed by atoms with Crippen molar-refractivity contribution in [3.05, 3.63) is 29.3 Å². The number of nitrogens with zero attached hydrogens (tertiary/aromatic N) is 1. The van der Waals surface area contributed by atoms with Gasteiger partial charge in [0.15, 0.2) is 0 Å². The summed E-state index contributed by atoms with van der Waals surface area (Å²) in [6, 6.07) is 6.15. The Morgan fingerprint density at radius 1 is 1.41 bits per heavy atom. The van der Waals surface area contributed by atoms with Crippen LogP contribution in [0.2, 0.25) is 0 Å². The first-order valence-electron chi connectivity index (χ1n) is 7.99. The third kappa shape index (κ3) is 4.13. The highest BCUT2D eigenvalue weighted by atomic mass is 16.3. The van der Waals surface area contributed by atoms with Crippen LogP contribution in [0.3, 0.4) is 0 Å². The molecule has 2 atom stereocenters. The van der Waals surface area contributed by atoms with Crippen molar-refractivity contribution < 1.29 is 9.90 Å². The molecule has 0 radical (unpaired) electrons. The molecule has 2 rings (SSSR count). The van der Waals surface area contributed by atoms with E-state index in [1.54, 1.807) is 0 Å². The number of aryl methyl sites for hydroxylation is 1. The number of urea groups is 1. The second-order valence-electron chi connectivity index (χ2n) is 6.26. The molecular weight excluding hydrogens is 278 g/mol. The van der Waals surface area contributed by atoms with Gasteiger partial charge in [-0.25, -0.2) is 4.79 Å². The van der Waals surface area contributed by atoms with E-state index in [9.17, 15) is 4.79 Å². The van der Waals surface area contributed by atoms with Crippen LogP contribution in [0.25, 0.3) is 0 Å². The molecule has 0 fully saturated rings. The van der Waals surface area contributed by atoms with E-state index in [4.69, 9.17) is 5.11 Å². The summed E-state index contributed by atoms with van der Waals surface area (Å²) in [4.78, 5) is 14.2. The molecule has 3 N–H and O–H groups in total. The van der Waals surface area contributed by atoms with Crippen LogP contribution in [-0.2, 0) is 13.0 Å². The standard InChI is InChI=1S/C17H27N3O2/c1-12(11-21)13(2)19-17(22)18-10-14-6-7-16-15(9-14)5-4-8-20(16)3/h6-7,9,12-13,21H,4-5,8,10-11H2,1-3H3,(H2,18,19,22). The maximum atomic E-state index is 11.9. The Kier molecular flexibility index (Phi) is 5.66. The van der Waals surface area contributed by atoms with Crippen LogP contribution in [0.15, 0.2) is 18.2 Å². The molecular formula is C17H27N3O2. The Morgan fingerprint density at radius 2 is 2.18 bits per heavy atom. The highest BCUT2D eigenvalue weighted by molar-refractivity contribution is 5.74. The molecule has 22 heavy (non-hydrogen) atoms. The van der Waals surface area contributed by atoms with Gasteiger partial charge in [0.25, 0.3) is 0 Å². The Hall–Kier alpha value is -1.75. The van der Waals surface area contributed by atoms with Gasteiger partial charge in [0.05, 0.1) is 0 Å². The fourth-order valence-electron chi connectivity index (χ4n) is 2.69. The fourth-order valence-corrected chi connectivity index (χ4v) is 2.69. The number of aliphatic hydroxyl groups excluding tert-OH is 1. The molecule has 0 saturated heterocycles. The minimum Gasteiger partial charge on any atom is -0.396 e. The van der Waals surface area contributed by atoms with E-state index >= 15 is 0 Å². The Bertz CT molecular complexity index is 519. The van der Waals surface area contributed by atoms with Crippen LogP contribution in [0.1, 0.15) is 31.4 Å². The molecule has 0 aliphatic carbocycles. The zero-order valence-electron chi connectivity index (χ0n) is 13.7. The average molecular weight is 305 g/mol. The zero-order chi connectivity index (χ0) is 16.1. The molecule has 1 aliphatic rings. The summed E-state index contributed by atoms with van der Waals surface area (Å²) in [5.74, 6) is 0.0463. The van der Waals surface area contributed by atoms with Gasteiger partial charge < -0.3 is 20.6 Å². The van der Waals surface area contributed by atoms with Crippen molar-refractivity contribution in [2.75, 3.05) is 25.1 Å². The van der Waals surface area contributed by atoms with Gasteiger partial charge in [0.1, 0.15) is 0 Å². The number of anilines is 1. The number of carbonyl (C=O) groups is 1. The van der Waals surface area contributed by atoms with E-state index in [2.05, 4.69) is 40.8 Å². The molecule has 0 bridgehead atoms. The van der Waals surface area contributed by atoms with E-state index in [1.165, 1.54) is 17.7 Å². The van der Waals surface area contributed by atoms with Crippen molar-refractivity contribution in [1.82, 2.24) is 10.6 Å². The summed E-state index contributed by atoms with van der Waals surface area (Å²) in [6.07, 6.45) is 2.28. The van der Waals surface area contributed by atoms with Gasteiger partial charge in [-0.2, -0.15) is 0 Å². The van der Waals surface area contributed by atoms with Crippen LogP contribution in [0.5, 0.6) is 0 Å². The quantitative estimate of drug-likeness (QED) is 0.778. The summed E-state index contributed by atoms with van der Waals surface area (Å²) in [7, 11) is 2.12. The smallest absolute Gasteiger partial charge is 0.315 e. The normalized spacial score (nSPS) is 16.6. The molecule has 0 aromatic heterocycles. The summed E-state index contributed by atoms with van der Waals surface area (Å²) in [5.41, 5.74) is 3.77. The number of hydrogen-bond acceptors (Lipinski definition) is 3. The number of nitrogens with one attached hydrogen (secondary N) is 2.